The van der Waals surface area contributed by atoms with Crippen molar-refractivity contribution in [2.24, 2.45) is 5.73 Å². The van der Waals surface area contributed by atoms with Crippen LogP contribution in [-0.4, -0.2) is 42.2 Å². The number of hydrogen-bond donors (Lipinski definition) is 2. The summed E-state index contributed by atoms with van der Waals surface area (Å²) in [6, 6.07) is 7.83. The first kappa shape index (κ1) is 20.4. The molecule has 0 aliphatic rings. The molecule has 0 spiro atoms. The number of rotatable bonds is 6. The maximum Gasteiger partial charge on any atom is 0.242 e. The van der Waals surface area contributed by atoms with E-state index in [2.05, 4.69) is 10.4 Å². The molecule has 2 rings (SSSR count). The molecule has 1 heterocycles. The Balaban J connectivity index is 0.00000288. The van der Waals surface area contributed by atoms with Gasteiger partial charge in [-0.15, -0.1) is 12.4 Å². The van der Waals surface area contributed by atoms with Crippen LogP contribution in [0.3, 0.4) is 0 Å². The lowest BCUT2D eigenvalue weighted by Crippen LogP contribution is -2.37. The SMILES string of the molecule is CS(=O)(=O)CCC(N)C(=O)Nc1ccn(-c2ccccc2Cl)n1.Cl. The fraction of sp³-hybridized carbons (Fsp3) is 0.286. The van der Waals surface area contributed by atoms with Gasteiger partial charge in [-0.3, -0.25) is 4.79 Å². The molecule has 1 amide bonds. The molecule has 1 aromatic heterocycles. The normalized spacial score (nSPS) is 12.3. The van der Waals surface area contributed by atoms with Gasteiger partial charge in [0.25, 0.3) is 0 Å². The van der Waals surface area contributed by atoms with E-state index in [1.807, 2.05) is 6.07 Å². The highest BCUT2D eigenvalue weighted by atomic mass is 35.5. The number of aromatic nitrogens is 2. The molecule has 0 fully saturated rings. The molecule has 7 nitrogen and oxygen atoms in total. The Labute approximate surface area is 151 Å². The minimum Gasteiger partial charge on any atom is -0.320 e. The highest BCUT2D eigenvalue weighted by Gasteiger charge is 2.17. The van der Waals surface area contributed by atoms with Crippen molar-refractivity contribution in [1.82, 2.24) is 9.78 Å². The number of nitrogens with zero attached hydrogens (tertiary/aromatic N) is 2. The number of carbonyl (C=O) groups excluding carboxylic acids is 1. The number of anilines is 1. The maximum atomic E-state index is 11.9. The van der Waals surface area contributed by atoms with Gasteiger partial charge >= 0.3 is 0 Å². The van der Waals surface area contributed by atoms with Crippen LogP contribution >= 0.6 is 24.0 Å². The fourth-order valence-electron chi connectivity index (χ4n) is 1.85. The number of amides is 1. The van der Waals surface area contributed by atoms with Gasteiger partial charge in [-0.25, -0.2) is 13.1 Å². The number of carbonyl (C=O) groups is 1. The van der Waals surface area contributed by atoms with Crippen molar-refractivity contribution >= 4 is 45.6 Å². The van der Waals surface area contributed by atoms with Crippen LogP contribution in [0, 0.1) is 0 Å². The molecule has 0 radical (unpaired) electrons. The van der Waals surface area contributed by atoms with Crippen molar-refractivity contribution in [3.05, 3.63) is 41.6 Å². The summed E-state index contributed by atoms with van der Waals surface area (Å²) in [5, 5.41) is 7.28. The van der Waals surface area contributed by atoms with Gasteiger partial charge in [0.05, 0.1) is 22.5 Å². The van der Waals surface area contributed by atoms with Crippen LogP contribution in [-0.2, 0) is 14.6 Å². The first-order chi connectivity index (χ1) is 10.8. The third kappa shape index (κ3) is 5.79. The summed E-state index contributed by atoms with van der Waals surface area (Å²) >= 11 is 6.08. The van der Waals surface area contributed by atoms with E-state index >= 15 is 0 Å². The van der Waals surface area contributed by atoms with Crippen LogP contribution in [0.2, 0.25) is 5.02 Å². The Hall–Kier alpha value is -1.61. The molecular weight excluding hydrogens is 375 g/mol. The molecule has 0 saturated heterocycles. The van der Waals surface area contributed by atoms with Crippen molar-refractivity contribution in [1.29, 1.82) is 0 Å². The average molecular weight is 393 g/mol. The molecule has 2 aromatic rings. The van der Waals surface area contributed by atoms with Crippen molar-refractivity contribution in [2.75, 3.05) is 17.3 Å². The van der Waals surface area contributed by atoms with E-state index in [0.717, 1.165) is 6.26 Å². The van der Waals surface area contributed by atoms with Crippen LogP contribution in [0.25, 0.3) is 5.69 Å². The summed E-state index contributed by atoms with van der Waals surface area (Å²) in [6.45, 7) is 0. The van der Waals surface area contributed by atoms with Gasteiger partial charge in [-0.2, -0.15) is 5.10 Å². The highest BCUT2D eigenvalue weighted by molar-refractivity contribution is 7.90. The van der Waals surface area contributed by atoms with Gasteiger partial charge in [-0.05, 0) is 18.6 Å². The van der Waals surface area contributed by atoms with Gasteiger partial charge < -0.3 is 11.1 Å². The van der Waals surface area contributed by atoms with Crippen molar-refractivity contribution < 1.29 is 13.2 Å². The fourth-order valence-corrected chi connectivity index (χ4v) is 2.76. The Morgan fingerprint density at radius 1 is 1.38 bits per heavy atom. The summed E-state index contributed by atoms with van der Waals surface area (Å²) in [7, 11) is -3.16. The largest absolute Gasteiger partial charge is 0.320 e. The molecule has 0 saturated carbocycles. The van der Waals surface area contributed by atoms with Gasteiger partial charge in [0.2, 0.25) is 5.91 Å². The smallest absolute Gasteiger partial charge is 0.242 e. The number of nitrogens with two attached hydrogens (primary N) is 1. The average Bonchev–Trinajstić information content (AvgIpc) is 2.92. The number of benzene rings is 1. The molecule has 0 aliphatic carbocycles. The topological polar surface area (TPSA) is 107 Å². The molecule has 24 heavy (non-hydrogen) atoms. The standard InChI is InChI=1S/C14H17ClN4O3S.ClH/c1-23(21,22)9-7-11(16)14(20)17-13-6-8-19(18-13)12-5-3-2-4-10(12)15;/h2-6,8,11H,7,9,16H2,1H3,(H,17,18,20);1H. The zero-order chi connectivity index (χ0) is 17.0. The highest BCUT2D eigenvalue weighted by Crippen LogP contribution is 2.19. The third-order valence-electron chi connectivity index (χ3n) is 3.08. The summed E-state index contributed by atoms with van der Waals surface area (Å²) in [5.41, 5.74) is 6.36. The van der Waals surface area contributed by atoms with Crippen molar-refractivity contribution in [2.45, 2.75) is 12.5 Å². The molecule has 10 heteroatoms. The predicted molar refractivity (Wildman–Crippen MR) is 96.8 cm³/mol. The first-order valence-electron chi connectivity index (χ1n) is 6.81. The summed E-state index contributed by atoms with van der Waals surface area (Å²) in [5.74, 6) is -0.321. The number of hydrogen-bond acceptors (Lipinski definition) is 5. The summed E-state index contributed by atoms with van der Waals surface area (Å²) in [4.78, 5) is 11.9. The molecule has 132 valence electrons. The van der Waals surface area contributed by atoms with E-state index in [-0.39, 0.29) is 24.6 Å². The van der Waals surface area contributed by atoms with Crippen molar-refractivity contribution in [3.63, 3.8) is 0 Å². The van der Waals surface area contributed by atoms with Gasteiger partial charge in [0, 0.05) is 18.5 Å². The summed E-state index contributed by atoms with van der Waals surface area (Å²) in [6.07, 6.45) is 2.80. The third-order valence-corrected chi connectivity index (χ3v) is 4.37. The molecule has 1 unspecified atom stereocenters. The number of sulfone groups is 1. The van der Waals surface area contributed by atoms with Gasteiger partial charge in [-0.1, -0.05) is 23.7 Å². The molecule has 0 bridgehead atoms. The van der Waals surface area contributed by atoms with Crippen LogP contribution in [0.1, 0.15) is 6.42 Å². The number of nitrogens with one attached hydrogen (secondary N) is 1. The van der Waals surface area contributed by atoms with E-state index in [9.17, 15) is 13.2 Å². The van der Waals surface area contributed by atoms with E-state index < -0.39 is 21.8 Å². The van der Waals surface area contributed by atoms with E-state index in [1.165, 1.54) is 4.68 Å². The Kier molecular flexibility index (Phi) is 7.22. The molecule has 1 atom stereocenters. The second-order valence-corrected chi connectivity index (χ2v) is 7.78. The van der Waals surface area contributed by atoms with Crippen LogP contribution < -0.4 is 11.1 Å². The molecule has 0 aliphatic heterocycles. The predicted octanol–water partition coefficient (Wildman–Crippen LogP) is 1.65. The quantitative estimate of drug-likeness (QED) is 0.776. The number of halogens is 2. The Morgan fingerprint density at radius 3 is 2.67 bits per heavy atom. The lowest BCUT2D eigenvalue weighted by molar-refractivity contribution is -0.117. The minimum atomic E-state index is -3.16. The lowest BCUT2D eigenvalue weighted by Gasteiger charge is -2.10. The minimum absolute atomic E-state index is 0. The van der Waals surface area contributed by atoms with Gasteiger partial charge in [0.15, 0.2) is 5.82 Å². The first-order valence-corrected chi connectivity index (χ1v) is 9.25. The molecule has 3 N–H and O–H groups in total. The molecule has 1 aromatic carbocycles. The van der Waals surface area contributed by atoms with Gasteiger partial charge in [0.1, 0.15) is 9.84 Å². The zero-order valence-corrected chi connectivity index (χ0v) is 15.2. The Morgan fingerprint density at radius 2 is 2.04 bits per heavy atom. The second kappa shape index (κ2) is 8.48. The van der Waals surface area contributed by atoms with E-state index in [1.54, 1.807) is 30.5 Å². The van der Waals surface area contributed by atoms with Crippen molar-refractivity contribution in [3.8, 4) is 5.69 Å². The summed E-state index contributed by atoms with van der Waals surface area (Å²) < 4.78 is 23.7. The Bertz CT molecular complexity index is 808. The van der Waals surface area contributed by atoms with E-state index in [0.29, 0.717) is 16.5 Å². The lowest BCUT2D eigenvalue weighted by atomic mass is 10.2. The van der Waals surface area contributed by atoms with E-state index in [4.69, 9.17) is 17.3 Å². The molecular formula is C14H18Cl2N4O3S. The maximum absolute atomic E-state index is 11.9. The monoisotopic (exact) mass is 392 g/mol. The number of para-hydroxylation sites is 1. The second-order valence-electron chi connectivity index (χ2n) is 5.11. The van der Waals surface area contributed by atoms with Crippen LogP contribution in [0.15, 0.2) is 36.5 Å². The van der Waals surface area contributed by atoms with Crippen LogP contribution in [0.4, 0.5) is 5.82 Å². The zero-order valence-electron chi connectivity index (χ0n) is 12.8. The van der Waals surface area contributed by atoms with Crippen LogP contribution in [0.5, 0.6) is 0 Å².